The molecule has 0 saturated heterocycles. The molecular weight excluding hydrogens is 388 g/mol. The summed E-state index contributed by atoms with van der Waals surface area (Å²) < 4.78 is 7.09. The van der Waals surface area contributed by atoms with Crippen LogP contribution in [-0.2, 0) is 6.61 Å². The van der Waals surface area contributed by atoms with Gasteiger partial charge < -0.3 is 14.7 Å². The molecule has 0 aliphatic heterocycles. The van der Waals surface area contributed by atoms with Crippen LogP contribution in [0.15, 0.2) is 89.7 Å². The van der Waals surface area contributed by atoms with Gasteiger partial charge in [0.15, 0.2) is 0 Å². The van der Waals surface area contributed by atoms with E-state index < -0.39 is 0 Å². The summed E-state index contributed by atoms with van der Waals surface area (Å²) in [5.41, 5.74) is 4.57. The Kier molecular flexibility index (Phi) is 4.93. The first-order chi connectivity index (χ1) is 12.8. The second-order valence-corrected chi connectivity index (χ2v) is 7.00. The van der Waals surface area contributed by atoms with E-state index in [2.05, 4.69) is 62.3 Å². The van der Waals surface area contributed by atoms with Crippen LogP contribution in [0.1, 0.15) is 28.4 Å². The van der Waals surface area contributed by atoms with Crippen molar-refractivity contribution in [3.8, 4) is 5.75 Å². The normalized spacial score (nSPS) is 11.0. The van der Waals surface area contributed by atoms with E-state index in [1.165, 1.54) is 0 Å². The van der Waals surface area contributed by atoms with E-state index in [-0.39, 0.29) is 5.92 Å². The van der Waals surface area contributed by atoms with Crippen LogP contribution in [-0.4, -0.2) is 9.97 Å². The molecule has 26 heavy (non-hydrogen) atoms. The summed E-state index contributed by atoms with van der Waals surface area (Å²) in [5.74, 6) is 0.935. The maximum atomic E-state index is 6.03. The number of aromatic nitrogens is 2. The monoisotopic (exact) mass is 406 g/mol. The summed E-state index contributed by atoms with van der Waals surface area (Å²) in [6.07, 6.45) is 3.91. The molecule has 2 aromatic heterocycles. The van der Waals surface area contributed by atoms with Crippen molar-refractivity contribution in [3.63, 3.8) is 0 Å². The van der Waals surface area contributed by atoms with Gasteiger partial charge >= 0.3 is 0 Å². The summed E-state index contributed by atoms with van der Waals surface area (Å²) >= 11 is 3.71. The molecule has 0 aliphatic carbocycles. The Morgan fingerprint density at radius 2 is 1.50 bits per heavy atom. The zero-order valence-corrected chi connectivity index (χ0v) is 15.7. The minimum absolute atomic E-state index is 0.0784. The van der Waals surface area contributed by atoms with E-state index in [4.69, 9.17) is 4.74 Å². The molecule has 0 aliphatic rings. The van der Waals surface area contributed by atoms with Crippen molar-refractivity contribution < 1.29 is 4.74 Å². The highest BCUT2D eigenvalue weighted by atomic mass is 79.9. The van der Waals surface area contributed by atoms with Crippen LogP contribution in [0.3, 0.4) is 0 Å². The minimum Gasteiger partial charge on any atom is -0.489 e. The molecule has 0 bridgehead atoms. The molecule has 0 atom stereocenters. The number of nitrogens with one attached hydrogen (secondary N) is 2. The standard InChI is InChI=1S/C22H19BrN2O/c23-19-11-10-17(26-15-16-6-2-1-3-7-16)14-18(19)22(20-8-4-12-24-20)21-9-5-13-25-21/h1-14,22,24-25H,15H2. The Labute approximate surface area is 161 Å². The second kappa shape index (κ2) is 7.67. The fourth-order valence-electron chi connectivity index (χ4n) is 3.12. The quantitative estimate of drug-likeness (QED) is 0.413. The van der Waals surface area contributed by atoms with Crippen LogP contribution in [0.2, 0.25) is 0 Å². The molecule has 0 amide bonds. The molecule has 2 heterocycles. The molecule has 2 aromatic carbocycles. The Hall–Kier alpha value is -2.72. The highest BCUT2D eigenvalue weighted by Crippen LogP contribution is 2.36. The van der Waals surface area contributed by atoms with Crippen LogP contribution in [0.4, 0.5) is 0 Å². The van der Waals surface area contributed by atoms with Crippen LogP contribution in [0.25, 0.3) is 0 Å². The first-order valence-electron chi connectivity index (χ1n) is 8.54. The van der Waals surface area contributed by atoms with Gasteiger partial charge in [-0.1, -0.05) is 46.3 Å². The summed E-state index contributed by atoms with van der Waals surface area (Å²) in [6, 6.07) is 24.6. The number of benzene rings is 2. The van der Waals surface area contributed by atoms with Crippen molar-refractivity contribution in [2.45, 2.75) is 12.5 Å². The van der Waals surface area contributed by atoms with Crippen LogP contribution >= 0.6 is 15.9 Å². The largest absolute Gasteiger partial charge is 0.489 e. The Morgan fingerprint density at radius 1 is 0.808 bits per heavy atom. The zero-order chi connectivity index (χ0) is 17.8. The van der Waals surface area contributed by atoms with Gasteiger partial charge in [-0.05, 0) is 53.6 Å². The van der Waals surface area contributed by atoms with Gasteiger partial charge in [0.05, 0.1) is 5.92 Å². The van der Waals surface area contributed by atoms with E-state index in [0.29, 0.717) is 6.61 Å². The number of halogens is 1. The summed E-state index contributed by atoms with van der Waals surface area (Å²) in [5, 5.41) is 0. The third kappa shape index (κ3) is 3.60. The van der Waals surface area contributed by atoms with Crippen molar-refractivity contribution in [2.75, 3.05) is 0 Å². The molecule has 0 saturated carbocycles. The van der Waals surface area contributed by atoms with Gasteiger partial charge in [0, 0.05) is 28.3 Å². The van der Waals surface area contributed by atoms with E-state index >= 15 is 0 Å². The van der Waals surface area contributed by atoms with Crippen LogP contribution in [0, 0.1) is 0 Å². The van der Waals surface area contributed by atoms with Crippen molar-refractivity contribution in [2.24, 2.45) is 0 Å². The maximum Gasteiger partial charge on any atom is 0.120 e. The smallest absolute Gasteiger partial charge is 0.120 e. The Balaban J connectivity index is 1.66. The minimum atomic E-state index is 0.0784. The van der Waals surface area contributed by atoms with Gasteiger partial charge in [0.25, 0.3) is 0 Å². The number of rotatable bonds is 6. The van der Waals surface area contributed by atoms with Crippen molar-refractivity contribution in [1.29, 1.82) is 0 Å². The second-order valence-electron chi connectivity index (χ2n) is 6.14. The summed E-state index contributed by atoms with van der Waals surface area (Å²) in [7, 11) is 0. The molecule has 0 unspecified atom stereocenters. The van der Waals surface area contributed by atoms with E-state index in [0.717, 1.165) is 32.7 Å². The SMILES string of the molecule is Brc1ccc(OCc2ccccc2)cc1C(c1ccc[nH]1)c1ccc[nH]1. The highest BCUT2D eigenvalue weighted by molar-refractivity contribution is 9.10. The molecule has 0 fully saturated rings. The number of aromatic amines is 2. The number of ether oxygens (including phenoxy) is 1. The molecule has 4 rings (SSSR count). The number of hydrogen-bond acceptors (Lipinski definition) is 1. The summed E-state index contributed by atoms with van der Waals surface area (Å²) in [6.45, 7) is 0.553. The third-order valence-electron chi connectivity index (χ3n) is 4.39. The highest BCUT2D eigenvalue weighted by Gasteiger charge is 2.21. The fourth-order valence-corrected chi connectivity index (χ4v) is 3.60. The van der Waals surface area contributed by atoms with Crippen LogP contribution in [0.5, 0.6) is 5.75 Å². The van der Waals surface area contributed by atoms with Gasteiger partial charge in [-0.15, -0.1) is 0 Å². The first-order valence-corrected chi connectivity index (χ1v) is 9.33. The van der Waals surface area contributed by atoms with Gasteiger partial charge in [0.2, 0.25) is 0 Å². The Bertz CT molecular complexity index is 913. The summed E-state index contributed by atoms with van der Waals surface area (Å²) in [4.78, 5) is 6.69. The lowest BCUT2D eigenvalue weighted by Gasteiger charge is -2.18. The predicted molar refractivity (Wildman–Crippen MR) is 107 cm³/mol. The molecule has 3 nitrogen and oxygen atoms in total. The lowest BCUT2D eigenvalue weighted by molar-refractivity contribution is 0.306. The fraction of sp³-hybridized carbons (Fsp3) is 0.0909. The number of H-pyrrole nitrogens is 2. The van der Waals surface area contributed by atoms with E-state index in [1.54, 1.807) is 0 Å². The first kappa shape index (κ1) is 16.7. The third-order valence-corrected chi connectivity index (χ3v) is 5.11. The predicted octanol–water partition coefficient (Wildman–Crippen LogP) is 5.86. The van der Waals surface area contributed by atoms with Gasteiger partial charge in [-0.2, -0.15) is 0 Å². The molecule has 2 N–H and O–H groups in total. The molecular formula is C22H19BrN2O. The topological polar surface area (TPSA) is 40.8 Å². The maximum absolute atomic E-state index is 6.03. The average Bonchev–Trinajstić information content (AvgIpc) is 3.38. The molecule has 0 radical (unpaired) electrons. The van der Waals surface area contributed by atoms with Crippen molar-refractivity contribution in [1.82, 2.24) is 9.97 Å². The van der Waals surface area contributed by atoms with Crippen molar-refractivity contribution in [3.05, 3.63) is 112 Å². The molecule has 4 aromatic rings. The van der Waals surface area contributed by atoms with Gasteiger partial charge in [0.1, 0.15) is 12.4 Å². The Morgan fingerprint density at radius 3 is 2.12 bits per heavy atom. The van der Waals surface area contributed by atoms with Crippen molar-refractivity contribution >= 4 is 15.9 Å². The van der Waals surface area contributed by atoms with Gasteiger partial charge in [-0.25, -0.2) is 0 Å². The van der Waals surface area contributed by atoms with Crippen LogP contribution < -0.4 is 4.74 Å². The van der Waals surface area contributed by atoms with Gasteiger partial charge in [-0.3, -0.25) is 0 Å². The lowest BCUT2D eigenvalue weighted by Crippen LogP contribution is -2.06. The molecule has 4 heteroatoms. The number of hydrogen-bond donors (Lipinski definition) is 2. The molecule has 0 spiro atoms. The molecule has 130 valence electrons. The van der Waals surface area contributed by atoms with E-state index in [1.807, 2.05) is 48.8 Å². The van der Waals surface area contributed by atoms with E-state index in [9.17, 15) is 0 Å². The zero-order valence-electron chi connectivity index (χ0n) is 14.2. The average molecular weight is 407 g/mol. The lowest BCUT2D eigenvalue weighted by atomic mass is 9.92.